The number of amides is 2. The fourth-order valence-electron chi connectivity index (χ4n) is 1.87. The number of carboxylic acids is 1. The molecule has 1 aliphatic rings. The van der Waals surface area contributed by atoms with Crippen molar-refractivity contribution in [2.24, 2.45) is 11.8 Å². The highest BCUT2D eigenvalue weighted by Gasteiger charge is 2.36. The van der Waals surface area contributed by atoms with Crippen LogP contribution < -0.4 is 5.32 Å². The van der Waals surface area contributed by atoms with E-state index in [1.165, 1.54) is 0 Å². The van der Waals surface area contributed by atoms with Gasteiger partial charge in [-0.15, -0.1) is 0 Å². The Balaban J connectivity index is 2.41. The highest BCUT2D eigenvalue weighted by atomic mass is 16.4. The molecule has 1 heterocycles. The van der Waals surface area contributed by atoms with Gasteiger partial charge in [-0.05, 0) is 20.0 Å². The van der Waals surface area contributed by atoms with E-state index in [1.807, 2.05) is 19.0 Å². The third kappa shape index (κ3) is 3.87. The van der Waals surface area contributed by atoms with Crippen molar-refractivity contribution in [2.45, 2.75) is 19.9 Å². The zero-order valence-corrected chi connectivity index (χ0v) is 11.5. The molecule has 0 bridgehead atoms. The Morgan fingerprint density at radius 1 is 1.39 bits per heavy atom. The maximum atomic E-state index is 11.9. The number of carboxylic acid groups (broad SMARTS) is 1. The molecule has 1 saturated heterocycles. The summed E-state index contributed by atoms with van der Waals surface area (Å²) in [5.74, 6) is -0.886. The number of carbonyl (C=O) groups is 2. The third-order valence-corrected chi connectivity index (χ3v) is 3.19. The summed E-state index contributed by atoms with van der Waals surface area (Å²) >= 11 is 0. The molecule has 0 aromatic rings. The number of urea groups is 1. The van der Waals surface area contributed by atoms with E-state index in [0.717, 1.165) is 6.54 Å². The molecule has 6 nitrogen and oxygen atoms in total. The van der Waals surface area contributed by atoms with Crippen molar-refractivity contribution in [1.29, 1.82) is 0 Å². The molecule has 0 aliphatic carbocycles. The number of aliphatic carboxylic acids is 1. The first-order valence-corrected chi connectivity index (χ1v) is 6.24. The highest BCUT2D eigenvalue weighted by molar-refractivity contribution is 5.79. The molecule has 0 spiro atoms. The molecule has 0 aromatic carbocycles. The highest BCUT2D eigenvalue weighted by Crippen LogP contribution is 2.16. The van der Waals surface area contributed by atoms with E-state index in [-0.39, 0.29) is 12.1 Å². The maximum absolute atomic E-state index is 11.9. The summed E-state index contributed by atoms with van der Waals surface area (Å²) in [7, 11) is 3.93. The van der Waals surface area contributed by atoms with E-state index < -0.39 is 11.9 Å². The quantitative estimate of drug-likeness (QED) is 0.743. The summed E-state index contributed by atoms with van der Waals surface area (Å²) in [5.41, 5.74) is 0. The number of nitrogens with one attached hydrogen (secondary N) is 1. The fraction of sp³-hybridized carbons (Fsp3) is 0.833. The summed E-state index contributed by atoms with van der Waals surface area (Å²) in [6.07, 6.45) is 0. The molecule has 1 rings (SSSR count). The summed E-state index contributed by atoms with van der Waals surface area (Å²) in [4.78, 5) is 26.1. The van der Waals surface area contributed by atoms with E-state index in [0.29, 0.717) is 19.0 Å². The van der Waals surface area contributed by atoms with Crippen molar-refractivity contribution in [3.63, 3.8) is 0 Å². The Bertz CT molecular complexity index is 312. The number of likely N-dealkylation sites (tertiary alicyclic amines) is 1. The molecule has 104 valence electrons. The van der Waals surface area contributed by atoms with Crippen LogP contribution in [0, 0.1) is 11.8 Å². The van der Waals surface area contributed by atoms with Crippen LogP contribution in [0.4, 0.5) is 4.79 Å². The van der Waals surface area contributed by atoms with E-state index in [1.54, 1.807) is 4.90 Å². The van der Waals surface area contributed by atoms with Gasteiger partial charge < -0.3 is 20.2 Å². The third-order valence-electron chi connectivity index (χ3n) is 3.19. The number of carbonyl (C=O) groups excluding carboxylic acids is 1. The van der Waals surface area contributed by atoms with Gasteiger partial charge in [0.05, 0.1) is 5.92 Å². The number of hydrogen-bond acceptors (Lipinski definition) is 3. The van der Waals surface area contributed by atoms with Crippen LogP contribution in [0.2, 0.25) is 0 Å². The Labute approximate surface area is 108 Å². The molecule has 0 radical (unpaired) electrons. The van der Waals surface area contributed by atoms with Gasteiger partial charge in [-0.25, -0.2) is 4.79 Å². The van der Waals surface area contributed by atoms with Crippen molar-refractivity contribution in [2.75, 3.05) is 33.7 Å². The van der Waals surface area contributed by atoms with Gasteiger partial charge in [0.15, 0.2) is 0 Å². The van der Waals surface area contributed by atoms with Gasteiger partial charge in [0.1, 0.15) is 0 Å². The zero-order valence-electron chi connectivity index (χ0n) is 11.5. The van der Waals surface area contributed by atoms with Gasteiger partial charge in [-0.3, -0.25) is 4.79 Å². The minimum absolute atomic E-state index is 0.0800. The van der Waals surface area contributed by atoms with Crippen molar-refractivity contribution >= 4 is 12.0 Å². The van der Waals surface area contributed by atoms with E-state index >= 15 is 0 Å². The van der Waals surface area contributed by atoms with Crippen LogP contribution in [0.1, 0.15) is 13.8 Å². The largest absolute Gasteiger partial charge is 0.481 e. The number of hydrogen-bond donors (Lipinski definition) is 2. The van der Waals surface area contributed by atoms with Gasteiger partial charge in [-0.1, -0.05) is 13.8 Å². The lowest BCUT2D eigenvalue weighted by molar-refractivity contribution is -0.146. The summed E-state index contributed by atoms with van der Waals surface area (Å²) < 4.78 is 0. The standard InChI is InChI=1S/C12H23N3O3/c1-8(2)10(7-14(3)4)13-12(18)15-5-9(6-15)11(16)17/h8-10H,5-7H2,1-4H3,(H,13,18)(H,16,17). The molecule has 1 fully saturated rings. The number of rotatable bonds is 5. The smallest absolute Gasteiger partial charge is 0.317 e. The number of nitrogens with zero attached hydrogens (tertiary/aromatic N) is 2. The molecule has 2 amide bonds. The van der Waals surface area contributed by atoms with Gasteiger partial charge in [0, 0.05) is 25.7 Å². The van der Waals surface area contributed by atoms with Crippen LogP contribution in [-0.2, 0) is 4.79 Å². The SMILES string of the molecule is CC(C)C(CN(C)C)NC(=O)N1CC(C(=O)O)C1. The molecular weight excluding hydrogens is 234 g/mol. The second kappa shape index (κ2) is 6.04. The van der Waals surface area contributed by atoms with E-state index in [4.69, 9.17) is 5.11 Å². The van der Waals surface area contributed by atoms with Crippen LogP contribution >= 0.6 is 0 Å². The summed E-state index contributed by atoms with van der Waals surface area (Å²) in [5, 5.41) is 11.7. The molecule has 1 atom stereocenters. The predicted octanol–water partition coefficient (Wildman–Crippen LogP) is 0.299. The summed E-state index contributed by atoms with van der Waals surface area (Å²) in [6, 6.07) is -0.0792. The topological polar surface area (TPSA) is 72.9 Å². The Morgan fingerprint density at radius 3 is 2.33 bits per heavy atom. The molecule has 0 aromatic heterocycles. The van der Waals surface area contributed by atoms with Crippen LogP contribution in [0.25, 0.3) is 0 Å². The maximum Gasteiger partial charge on any atom is 0.317 e. The molecule has 1 unspecified atom stereocenters. The predicted molar refractivity (Wildman–Crippen MR) is 68.4 cm³/mol. The Morgan fingerprint density at radius 2 is 1.94 bits per heavy atom. The normalized spacial score (nSPS) is 17.8. The number of likely N-dealkylation sites (N-methyl/N-ethyl adjacent to an activating group) is 1. The lowest BCUT2D eigenvalue weighted by atomic mass is 10.0. The van der Waals surface area contributed by atoms with Gasteiger partial charge in [0.2, 0.25) is 0 Å². The van der Waals surface area contributed by atoms with Crippen molar-refractivity contribution in [1.82, 2.24) is 15.1 Å². The molecule has 1 aliphatic heterocycles. The molecule has 6 heteroatoms. The Hall–Kier alpha value is -1.30. The average molecular weight is 257 g/mol. The second-order valence-corrected chi connectivity index (χ2v) is 5.50. The van der Waals surface area contributed by atoms with Crippen molar-refractivity contribution in [3.8, 4) is 0 Å². The average Bonchev–Trinajstić information content (AvgIpc) is 2.12. The fourth-order valence-corrected chi connectivity index (χ4v) is 1.87. The van der Waals surface area contributed by atoms with Crippen molar-refractivity contribution in [3.05, 3.63) is 0 Å². The monoisotopic (exact) mass is 257 g/mol. The van der Waals surface area contributed by atoms with Crippen LogP contribution in [0.5, 0.6) is 0 Å². The minimum Gasteiger partial charge on any atom is -0.481 e. The lowest BCUT2D eigenvalue weighted by Crippen LogP contribution is -2.59. The first-order chi connectivity index (χ1) is 8.31. The van der Waals surface area contributed by atoms with Crippen LogP contribution in [0.3, 0.4) is 0 Å². The molecule has 18 heavy (non-hydrogen) atoms. The van der Waals surface area contributed by atoms with E-state index in [9.17, 15) is 9.59 Å². The van der Waals surface area contributed by atoms with Crippen LogP contribution in [-0.4, -0.2) is 66.7 Å². The molecule has 2 N–H and O–H groups in total. The molecule has 0 saturated carbocycles. The zero-order chi connectivity index (χ0) is 13.9. The lowest BCUT2D eigenvalue weighted by Gasteiger charge is -2.38. The van der Waals surface area contributed by atoms with Gasteiger partial charge in [-0.2, -0.15) is 0 Å². The second-order valence-electron chi connectivity index (χ2n) is 5.50. The summed E-state index contributed by atoms with van der Waals surface area (Å²) in [6.45, 7) is 5.52. The Kier molecular flexibility index (Phi) is 4.95. The van der Waals surface area contributed by atoms with Crippen LogP contribution in [0.15, 0.2) is 0 Å². The first kappa shape index (κ1) is 14.8. The molecular formula is C12H23N3O3. The van der Waals surface area contributed by atoms with Gasteiger partial charge in [0.25, 0.3) is 0 Å². The van der Waals surface area contributed by atoms with Gasteiger partial charge >= 0.3 is 12.0 Å². The minimum atomic E-state index is -0.826. The van der Waals surface area contributed by atoms with E-state index in [2.05, 4.69) is 19.2 Å². The first-order valence-electron chi connectivity index (χ1n) is 6.24. The van der Waals surface area contributed by atoms with Crippen molar-refractivity contribution < 1.29 is 14.7 Å².